The predicted octanol–water partition coefficient (Wildman–Crippen LogP) is 0.344. The van der Waals surface area contributed by atoms with Crippen molar-refractivity contribution in [2.24, 2.45) is 0 Å². The molecule has 0 bridgehead atoms. The van der Waals surface area contributed by atoms with Gasteiger partial charge in [-0.15, -0.1) is 17.5 Å². The zero-order chi connectivity index (χ0) is 15.4. The third kappa shape index (κ3) is 4.20. The molecule has 0 aliphatic carbocycles. The molecule has 23 heavy (non-hydrogen) atoms. The highest BCUT2D eigenvalue weighted by atomic mass is 35.5. The summed E-state index contributed by atoms with van der Waals surface area (Å²) in [4.78, 5) is 23.9. The van der Waals surface area contributed by atoms with Crippen molar-refractivity contribution >= 4 is 24.0 Å². The van der Waals surface area contributed by atoms with Crippen LogP contribution in [0.2, 0.25) is 0 Å². The summed E-state index contributed by atoms with van der Waals surface area (Å²) >= 11 is 0. The van der Waals surface area contributed by atoms with Crippen LogP contribution in [0.25, 0.3) is 5.65 Å². The van der Waals surface area contributed by atoms with Gasteiger partial charge in [0, 0.05) is 25.7 Å². The van der Waals surface area contributed by atoms with Crippen LogP contribution < -0.4 is 16.3 Å². The normalized spacial score (nSPS) is 14.2. The second kappa shape index (κ2) is 7.94. The number of nitrogens with one attached hydrogen (secondary N) is 2. The van der Waals surface area contributed by atoms with E-state index in [0.717, 1.165) is 19.5 Å². The Morgan fingerprint density at radius 1 is 1.39 bits per heavy atom. The molecule has 0 radical (unpaired) electrons. The number of carbonyl (C=O) groups excluding carboxylic acids is 1. The summed E-state index contributed by atoms with van der Waals surface area (Å²) in [6.07, 6.45) is 4.99. The Kier molecular flexibility index (Phi) is 5.95. The van der Waals surface area contributed by atoms with Gasteiger partial charge >= 0.3 is 5.69 Å². The number of rotatable bonds is 5. The molecule has 0 atom stereocenters. The summed E-state index contributed by atoms with van der Waals surface area (Å²) in [6.45, 7) is 2.69. The monoisotopic (exact) mass is 337 g/mol. The number of fused-ring (bicyclic) bond motifs is 1. The first kappa shape index (κ1) is 17.2. The number of pyridine rings is 1. The van der Waals surface area contributed by atoms with Gasteiger partial charge in [-0.2, -0.15) is 0 Å². The highest BCUT2D eigenvalue weighted by molar-refractivity contribution is 5.85. The highest BCUT2D eigenvalue weighted by Gasteiger charge is 2.09. The van der Waals surface area contributed by atoms with E-state index in [9.17, 15) is 9.59 Å². The molecule has 0 unspecified atom stereocenters. The first-order chi connectivity index (χ1) is 10.7. The van der Waals surface area contributed by atoms with Gasteiger partial charge in [-0.05, 0) is 25.1 Å². The van der Waals surface area contributed by atoms with Gasteiger partial charge in [0.1, 0.15) is 0 Å². The topological polar surface area (TPSA) is 80.4 Å². The Morgan fingerprint density at radius 3 is 3.00 bits per heavy atom. The number of halogens is 1. The van der Waals surface area contributed by atoms with E-state index in [1.54, 1.807) is 18.3 Å². The number of nitrogens with zero attached hydrogens (tertiary/aromatic N) is 3. The van der Waals surface area contributed by atoms with Crippen LogP contribution in [-0.4, -0.2) is 39.7 Å². The quantitative estimate of drug-likeness (QED) is 0.771. The molecule has 0 fully saturated rings. The average molecular weight is 338 g/mol. The SMILES string of the molecule is Cl.O=C(CCn1nc2ccccn2c1=O)NCC1=CCNCC1. The Morgan fingerprint density at radius 2 is 2.26 bits per heavy atom. The number of aromatic nitrogens is 3. The Hall–Kier alpha value is -2.12. The van der Waals surface area contributed by atoms with Crippen LogP contribution in [0.3, 0.4) is 0 Å². The van der Waals surface area contributed by atoms with Crippen molar-refractivity contribution in [3.8, 4) is 0 Å². The van der Waals surface area contributed by atoms with Crippen LogP contribution in [0.15, 0.2) is 40.8 Å². The number of aryl methyl sites for hydroxylation is 1. The molecule has 1 aliphatic rings. The molecule has 3 rings (SSSR count). The summed E-state index contributed by atoms with van der Waals surface area (Å²) in [5, 5.41) is 10.3. The van der Waals surface area contributed by atoms with Crippen LogP contribution in [0.1, 0.15) is 12.8 Å². The van der Waals surface area contributed by atoms with Crippen LogP contribution >= 0.6 is 12.4 Å². The predicted molar refractivity (Wildman–Crippen MR) is 89.9 cm³/mol. The molecule has 1 amide bonds. The van der Waals surface area contributed by atoms with E-state index < -0.39 is 0 Å². The van der Waals surface area contributed by atoms with Crippen molar-refractivity contribution in [1.29, 1.82) is 0 Å². The van der Waals surface area contributed by atoms with Gasteiger partial charge in [0.15, 0.2) is 5.65 Å². The number of carbonyl (C=O) groups is 1. The minimum absolute atomic E-state index is 0. The summed E-state index contributed by atoms with van der Waals surface area (Å²) in [5.41, 5.74) is 1.62. The number of hydrogen-bond donors (Lipinski definition) is 2. The van der Waals surface area contributed by atoms with Gasteiger partial charge in [0.05, 0.1) is 6.54 Å². The summed E-state index contributed by atoms with van der Waals surface area (Å²) in [5.74, 6) is -0.0663. The lowest BCUT2D eigenvalue weighted by Gasteiger charge is -2.14. The lowest BCUT2D eigenvalue weighted by molar-refractivity contribution is -0.121. The number of amides is 1. The van der Waals surface area contributed by atoms with Crippen LogP contribution in [-0.2, 0) is 11.3 Å². The summed E-state index contributed by atoms with van der Waals surface area (Å²) in [6, 6.07) is 5.37. The van der Waals surface area contributed by atoms with E-state index in [1.165, 1.54) is 14.7 Å². The summed E-state index contributed by atoms with van der Waals surface area (Å²) < 4.78 is 2.80. The lowest BCUT2D eigenvalue weighted by Crippen LogP contribution is -2.31. The van der Waals surface area contributed by atoms with Crippen LogP contribution in [0.4, 0.5) is 0 Å². The van der Waals surface area contributed by atoms with Gasteiger partial charge in [-0.1, -0.05) is 17.7 Å². The Labute approximate surface area is 139 Å². The molecule has 2 aromatic rings. The first-order valence-corrected chi connectivity index (χ1v) is 7.43. The smallest absolute Gasteiger partial charge is 0.350 e. The Balaban J connectivity index is 0.00000192. The minimum Gasteiger partial charge on any atom is -0.352 e. The summed E-state index contributed by atoms with van der Waals surface area (Å²) in [7, 11) is 0. The van der Waals surface area contributed by atoms with Crippen molar-refractivity contribution < 1.29 is 4.79 Å². The molecule has 124 valence electrons. The van der Waals surface area contributed by atoms with E-state index in [0.29, 0.717) is 12.2 Å². The van der Waals surface area contributed by atoms with Gasteiger partial charge in [0.2, 0.25) is 5.91 Å². The third-order valence-corrected chi connectivity index (χ3v) is 3.71. The average Bonchev–Trinajstić information content (AvgIpc) is 2.88. The maximum absolute atomic E-state index is 12.1. The molecular weight excluding hydrogens is 318 g/mol. The van der Waals surface area contributed by atoms with Crippen molar-refractivity contribution in [2.75, 3.05) is 19.6 Å². The fourth-order valence-electron chi connectivity index (χ4n) is 2.45. The molecule has 3 heterocycles. The van der Waals surface area contributed by atoms with Gasteiger partial charge in [0.25, 0.3) is 0 Å². The van der Waals surface area contributed by atoms with Gasteiger partial charge in [-0.3, -0.25) is 9.20 Å². The van der Waals surface area contributed by atoms with E-state index in [-0.39, 0.29) is 37.0 Å². The maximum Gasteiger partial charge on any atom is 0.350 e. The van der Waals surface area contributed by atoms with Crippen LogP contribution in [0, 0.1) is 0 Å². The van der Waals surface area contributed by atoms with Gasteiger partial charge < -0.3 is 10.6 Å². The molecule has 0 saturated heterocycles. The highest BCUT2D eigenvalue weighted by Crippen LogP contribution is 2.02. The van der Waals surface area contributed by atoms with Crippen molar-refractivity contribution in [3.05, 3.63) is 46.5 Å². The zero-order valence-corrected chi connectivity index (χ0v) is 13.5. The standard InChI is InChI=1S/C15H19N5O2.ClH/c21-14(17-11-12-4-7-16-8-5-12)6-10-20-15(22)19-9-2-1-3-13(19)18-20;/h1-4,9,16H,5-8,10-11H2,(H,17,21);1H. The molecule has 0 aromatic carbocycles. The molecule has 2 aromatic heterocycles. The molecule has 1 aliphatic heterocycles. The van der Waals surface area contributed by atoms with Crippen molar-refractivity contribution in [3.63, 3.8) is 0 Å². The fraction of sp³-hybridized carbons (Fsp3) is 0.400. The second-order valence-electron chi connectivity index (χ2n) is 5.28. The number of hydrogen-bond acceptors (Lipinski definition) is 4. The van der Waals surface area contributed by atoms with E-state index in [1.807, 2.05) is 6.07 Å². The first-order valence-electron chi connectivity index (χ1n) is 7.43. The van der Waals surface area contributed by atoms with E-state index >= 15 is 0 Å². The molecule has 0 saturated carbocycles. The van der Waals surface area contributed by atoms with Crippen LogP contribution in [0.5, 0.6) is 0 Å². The second-order valence-corrected chi connectivity index (χ2v) is 5.28. The molecule has 0 spiro atoms. The van der Waals surface area contributed by atoms with Gasteiger partial charge in [-0.25, -0.2) is 9.48 Å². The van der Waals surface area contributed by atoms with E-state index in [4.69, 9.17) is 0 Å². The van der Waals surface area contributed by atoms with E-state index in [2.05, 4.69) is 21.8 Å². The molecule has 8 heteroatoms. The molecule has 7 nitrogen and oxygen atoms in total. The maximum atomic E-state index is 12.1. The largest absolute Gasteiger partial charge is 0.352 e. The minimum atomic E-state index is -0.218. The molecular formula is C15H20ClN5O2. The zero-order valence-electron chi connectivity index (χ0n) is 12.7. The molecule has 2 N–H and O–H groups in total. The van der Waals surface area contributed by atoms with Crippen molar-refractivity contribution in [2.45, 2.75) is 19.4 Å². The van der Waals surface area contributed by atoms with Crippen molar-refractivity contribution in [1.82, 2.24) is 24.8 Å². The fourth-order valence-corrected chi connectivity index (χ4v) is 2.45. The lowest BCUT2D eigenvalue weighted by atomic mass is 10.1. The third-order valence-electron chi connectivity index (χ3n) is 3.71. The Bertz CT molecular complexity index is 765.